The Bertz CT molecular complexity index is 842. The molecule has 0 saturated carbocycles. The van der Waals surface area contributed by atoms with Gasteiger partial charge < -0.3 is 5.32 Å². The Morgan fingerprint density at radius 2 is 1.88 bits per heavy atom. The highest BCUT2D eigenvalue weighted by atomic mass is 16.2. The number of carbonyl (C=O) groups is 3. The summed E-state index contributed by atoms with van der Waals surface area (Å²) in [5.41, 5.74) is 1.15. The zero-order valence-corrected chi connectivity index (χ0v) is 13.9. The standard InChI is InChI=1S/C19H20N2O3/c1-3-5-11-20-17(22)13-10-9-12-7-6-8-14-15(12)16(13)19(24)21(4-2)18(14)23/h6-10H,3-5,11H2,1-2H3,(H,20,22). The van der Waals surface area contributed by atoms with Crippen LogP contribution in [0.4, 0.5) is 0 Å². The molecule has 24 heavy (non-hydrogen) atoms. The van der Waals surface area contributed by atoms with E-state index in [-0.39, 0.29) is 18.4 Å². The minimum absolute atomic E-state index is 0.270. The molecule has 3 rings (SSSR count). The van der Waals surface area contributed by atoms with Crippen molar-refractivity contribution in [2.45, 2.75) is 26.7 Å². The topological polar surface area (TPSA) is 66.5 Å². The molecule has 0 spiro atoms. The first-order chi connectivity index (χ1) is 11.6. The van der Waals surface area contributed by atoms with Crippen molar-refractivity contribution in [3.05, 3.63) is 47.0 Å². The molecule has 5 nitrogen and oxygen atoms in total. The molecular formula is C19H20N2O3. The van der Waals surface area contributed by atoms with Crippen molar-refractivity contribution in [3.8, 4) is 0 Å². The van der Waals surface area contributed by atoms with E-state index in [2.05, 4.69) is 5.32 Å². The normalized spacial score (nSPS) is 13.5. The number of benzene rings is 2. The van der Waals surface area contributed by atoms with Crippen LogP contribution in [0.1, 0.15) is 57.8 Å². The van der Waals surface area contributed by atoms with Crippen molar-refractivity contribution in [1.29, 1.82) is 0 Å². The zero-order chi connectivity index (χ0) is 17.3. The number of carbonyl (C=O) groups excluding carboxylic acids is 3. The summed E-state index contributed by atoms with van der Waals surface area (Å²) in [6, 6.07) is 8.82. The smallest absolute Gasteiger partial charge is 0.262 e. The van der Waals surface area contributed by atoms with Gasteiger partial charge in [0, 0.05) is 24.0 Å². The summed E-state index contributed by atoms with van der Waals surface area (Å²) in [6.07, 6.45) is 1.86. The van der Waals surface area contributed by atoms with Crippen LogP contribution in [0.5, 0.6) is 0 Å². The second-order valence-electron chi connectivity index (χ2n) is 5.86. The number of hydrogen-bond acceptors (Lipinski definition) is 3. The van der Waals surface area contributed by atoms with E-state index in [0.717, 1.165) is 18.2 Å². The lowest BCUT2D eigenvalue weighted by Gasteiger charge is -2.27. The SMILES string of the molecule is CCCCNC(=O)c1ccc2cccc3c2c1C(=O)N(CC)C3=O. The van der Waals surface area contributed by atoms with Crippen LogP contribution in [-0.2, 0) is 0 Å². The molecule has 124 valence electrons. The lowest BCUT2D eigenvalue weighted by Crippen LogP contribution is -2.41. The molecule has 0 aliphatic carbocycles. The van der Waals surface area contributed by atoms with E-state index in [1.807, 2.05) is 13.0 Å². The van der Waals surface area contributed by atoms with Crippen molar-refractivity contribution in [1.82, 2.24) is 10.2 Å². The molecule has 5 heteroatoms. The molecule has 2 aromatic rings. The highest BCUT2D eigenvalue weighted by Crippen LogP contribution is 2.32. The molecule has 3 amide bonds. The molecule has 0 atom stereocenters. The Morgan fingerprint density at radius 1 is 1.08 bits per heavy atom. The molecule has 0 saturated heterocycles. The molecule has 0 radical (unpaired) electrons. The molecule has 0 bridgehead atoms. The molecule has 1 heterocycles. The summed E-state index contributed by atoms with van der Waals surface area (Å²) in [5.74, 6) is -0.967. The first-order valence-corrected chi connectivity index (χ1v) is 8.30. The zero-order valence-electron chi connectivity index (χ0n) is 13.9. The average molecular weight is 324 g/mol. The van der Waals surface area contributed by atoms with E-state index in [0.29, 0.717) is 28.6 Å². The van der Waals surface area contributed by atoms with E-state index < -0.39 is 5.91 Å². The van der Waals surface area contributed by atoms with Gasteiger partial charge in [0.15, 0.2) is 0 Å². The Balaban J connectivity index is 2.18. The van der Waals surface area contributed by atoms with Gasteiger partial charge in [0.1, 0.15) is 0 Å². The molecule has 0 unspecified atom stereocenters. The maximum absolute atomic E-state index is 12.8. The number of unbranched alkanes of at least 4 members (excludes halogenated alkanes) is 1. The van der Waals surface area contributed by atoms with Gasteiger partial charge >= 0.3 is 0 Å². The van der Waals surface area contributed by atoms with Gasteiger partial charge in [-0.2, -0.15) is 0 Å². The van der Waals surface area contributed by atoms with Crippen LogP contribution < -0.4 is 5.32 Å². The molecule has 1 aliphatic rings. The lowest BCUT2D eigenvalue weighted by molar-refractivity contribution is 0.0616. The van der Waals surface area contributed by atoms with Gasteiger partial charge in [-0.1, -0.05) is 31.5 Å². The van der Waals surface area contributed by atoms with Crippen LogP contribution in [0.3, 0.4) is 0 Å². The molecular weight excluding hydrogens is 304 g/mol. The van der Waals surface area contributed by atoms with Crippen molar-refractivity contribution in [2.24, 2.45) is 0 Å². The molecule has 1 N–H and O–H groups in total. The van der Waals surface area contributed by atoms with E-state index >= 15 is 0 Å². The largest absolute Gasteiger partial charge is 0.352 e. The maximum Gasteiger partial charge on any atom is 0.262 e. The first-order valence-electron chi connectivity index (χ1n) is 8.30. The fourth-order valence-electron chi connectivity index (χ4n) is 3.10. The van der Waals surface area contributed by atoms with Gasteiger partial charge in [0.25, 0.3) is 17.7 Å². The highest BCUT2D eigenvalue weighted by Gasteiger charge is 2.34. The molecule has 2 aromatic carbocycles. The van der Waals surface area contributed by atoms with Gasteiger partial charge in [0.2, 0.25) is 0 Å². The highest BCUT2D eigenvalue weighted by molar-refractivity contribution is 6.28. The Morgan fingerprint density at radius 3 is 2.58 bits per heavy atom. The van der Waals surface area contributed by atoms with Gasteiger partial charge in [-0.05, 0) is 30.9 Å². The lowest BCUT2D eigenvalue weighted by atomic mass is 9.90. The van der Waals surface area contributed by atoms with E-state index in [1.165, 1.54) is 4.90 Å². The number of nitrogens with zero attached hydrogens (tertiary/aromatic N) is 1. The summed E-state index contributed by atoms with van der Waals surface area (Å²) in [4.78, 5) is 39.1. The third-order valence-corrected chi connectivity index (χ3v) is 4.36. The van der Waals surface area contributed by atoms with E-state index in [4.69, 9.17) is 0 Å². The van der Waals surface area contributed by atoms with Crippen LogP contribution >= 0.6 is 0 Å². The van der Waals surface area contributed by atoms with Crippen LogP contribution in [0.15, 0.2) is 30.3 Å². The summed E-state index contributed by atoms with van der Waals surface area (Å²) < 4.78 is 0. The number of amides is 3. The number of rotatable bonds is 5. The number of imide groups is 1. The van der Waals surface area contributed by atoms with Crippen LogP contribution in [0.25, 0.3) is 10.8 Å². The fraction of sp³-hybridized carbons (Fsp3) is 0.316. The second kappa shape index (κ2) is 6.43. The third kappa shape index (κ3) is 2.46. The third-order valence-electron chi connectivity index (χ3n) is 4.36. The van der Waals surface area contributed by atoms with Crippen molar-refractivity contribution >= 4 is 28.5 Å². The van der Waals surface area contributed by atoms with Crippen LogP contribution in [0, 0.1) is 0 Å². The Hall–Kier alpha value is -2.69. The summed E-state index contributed by atoms with van der Waals surface area (Å²) in [6.45, 7) is 4.65. The fourth-order valence-corrected chi connectivity index (χ4v) is 3.10. The average Bonchev–Trinajstić information content (AvgIpc) is 2.59. The predicted octanol–water partition coefficient (Wildman–Crippen LogP) is 2.99. The minimum Gasteiger partial charge on any atom is -0.352 e. The molecule has 0 aromatic heterocycles. The number of hydrogen-bond donors (Lipinski definition) is 1. The number of nitrogens with one attached hydrogen (secondary N) is 1. The minimum atomic E-state index is -0.396. The summed E-state index contributed by atoms with van der Waals surface area (Å²) in [5, 5.41) is 4.23. The predicted molar refractivity (Wildman–Crippen MR) is 92.2 cm³/mol. The van der Waals surface area contributed by atoms with Crippen molar-refractivity contribution < 1.29 is 14.4 Å². The summed E-state index contributed by atoms with van der Waals surface area (Å²) >= 11 is 0. The van der Waals surface area contributed by atoms with Crippen LogP contribution in [-0.4, -0.2) is 35.7 Å². The monoisotopic (exact) mass is 324 g/mol. The van der Waals surface area contributed by atoms with Crippen molar-refractivity contribution in [2.75, 3.05) is 13.1 Å². The van der Waals surface area contributed by atoms with Gasteiger partial charge in [0.05, 0.1) is 11.1 Å². The van der Waals surface area contributed by atoms with Crippen molar-refractivity contribution in [3.63, 3.8) is 0 Å². The second-order valence-corrected chi connectivity index (χ2v) is 5.86. The van der Waals surface area contributed by atoms with E-state index in [9.17, 15) is 14.4 Å². The quantitative estimate of drug-likeness (QED) is 0.679. The first kappa shape index (κ1) is 16.2. The Kier molecular flexibility index (Phi) is 4.34. The Labute approximate surface area is 140 Å². The summed E-state index contributed by atoms with van der Waals surface area (Å²) in [7, 11) is 0. The van der Waals surface area contributed by atoms with Gasteiger partial charge in [-0.25, -0.2) is 0 Å². The van der Waals surface area contributed by atoms with Gasteiger partial charge in [-0.3, -0.25) is 19.3 Å². The van der Waals surface area contributed by atoms with Gasteiger partial charge in [-0.15, -0.1) is 0 Å². The maximum atomic E-state index is 12.8. The molecule has 0 fully saturated rings. The molecule has 1 aliphatic heterocycles. The van der Waals surface area contributed by atoms with Crippen LogP contribution in [0.2, 0.25) is 0 Å². The van der Waals surface area contributed by atoms with E-state index in [1.54, 1.807) is 31.2 Å².